The number of halogens is 2. The first-order chi connectivity index (χ1) is 9.65. The molecule has 1 heterocycles. The van der Waals surface area contributed by atoms with Crippen LogP contribution in [0.25, 0.3) is 5.69 Å². The molecule has 2 aromatic rings. The number of nitrogens with zero attached hydrogens (tertiary/aromatic N) is 2. The Labute approximate surface area is 128 Å². The molecule has 5 heteroatoms. The Morgan fingerprint density at radius 3 is 2.75 bits per heavy atom. The van der Waals surface area contributed by atoms with Crippen LogP contribution in [0, 0.1) is 6.92 Å². The van der Waals surface area contributed by atoms with E-state index in [2.05, 4.69) is 10.3 Å². The Balaban J connectivity index is 1.98. The first-order valence-electron chi connectivity index (χ1n) is 6.92. The summed E-state index contributed by atoms with van der Waals surface area (Å²) in [5.74, 6) is 0.846. The van der Waals surface area contributed by atoms with Crippen molar-refractivity contribution >= 4 is 29.2 Å². The topological polar surface area (TPSA) is 29.9 Å². The zero-order valence-corrected chi connectivity index (χ0v) is 12.9. The minimum Gasteiger partial charge on any atom is -0.353 e. The van der Waals surface area contributed by atoms with Crippen LogP contribution in [0.2, 0.25) is 10.0 Å². The molecule has 0 radical (unpaired) electrons. The van der Waals surface area contributed by atoms with Crippen molar-refractivity contribution in [2.24, 2.45) is 0 Å². The van der Waals surface area contributed by atoms with Gasteiger partial charge in [-0.25, -0.2) is 4.98 Å². The van der Waals surface area contributed by atoms with Crippen LogP contribution in [0.15, 0.2) is 24.4 Å². The molecule has 3 nitrogen and oxygen atoms in total. The lowest BCUT2D eigenvalue weighted by molar-refractivity contribution is 0.740. The van der Waals surface area contributed by atoms with Crippen LogP contribution in [-0.2, 0) is 0 Å². The molecule has 3 rings (SSSR count). The number of hydrogen-bond acceptors (Lipinski definition) is 2. The number of aromatic nitrogens is 2. The highest BCUT2D eigenvalue weighted by Crippen LogP contribution is 2.31. The molecule has 20 heavy (non-hydrogen) atoms. The lowest BCUT2D eigenvalue weighted by Gasteiger charge is -2.15. The third-order valence-corrected chi connectivity index (χ3v) is 4.51. The van der Waals surface area contributed by atoms with E-state index >= 15 is 0 Å². The van der Waals surface area contributed by atoms with E-state index in [1.807, 2.05) is 29.8 Å². The average molecular weight is 310 g/mol. The fourth-order valence-corrected chi connectivity index (χ4v) is 3.10. The molecule has 1 fully saturated rings. The Morgan fingerprint density at radius 1 is 1.25 bits per heavy atom. The van der Waals surface area contributed by atoms with Gasteiger partial charge in [-0.1, -0.05) is 42.1 Å². The average Bonchev–Trinajstić information content (AvgIpc) is 3.03. The quantitative estimate of drug-likeness (QED) is 0.879. The molecule has 1 N–H and O–H groups in total. The van der Waals surface area contributed by atoms with Crippen LogP contribution in [-0.4, -0.2) is 15.6 Å². The summed E-state index contributed by atoms with van der Waals surface area (Å²) in [5.41, 5.74) is 1.82. The zero-order valence-electron chi connectivity index (χ0n) is 11.4. The van der Waals surface area contributed by atoms with E-state index in [1.165, 1.54) is 25.7 Å². The van der Waals surface area contributed by atoms with Gasteiger partial charge in [0.15, 0.2) is 0 Å². The predicted molar refractivity (Wildman–Crippen MR) is 84.2 cm³/mol. The van der Waals surface area contributed by atoms with Gasteiger partial charge in [0, 0.05) is 12.2 Å². The van der Waals surface area contributed by atoms with Gasteiger partial charge >= 0.3 is 0 Å². The van der Waals surface area contributed by atoms with E-state index in [-0.39, 0.29) is 0 Å². The SMILES string of the molecule is Cc1cn(-c2cccc(Cl)c2Cl)c(NC2CCCC2)n1. The molecule has 1 aliphatic rings. The third-order valence-electron chi connectivity index (χ3n) is 3.71. The highest BCUT2D eigenvalue weighted by molar-refractivity contribution is 6.43. The van der Waals surface area contributed by atoms with Crippen molar-refractivity contribution in [1.29, 1.82) is 0 Å². The molecule has 0 saturated heterocycles. The number of hydrogen-bond donors (Lipinski definition) is 1. The molecule has 0 aliphatic heterocycles. The molecule has 0 unspecified atom stereocenters. The van der Waals surface area contributed by atoms with Crippen molar-refractivity contribution in [2.45, 2.75) is 38.6 Å². The summed E-state index contributed by atoms with van der Waals surface area (Å²) in [6.45, 7) is 1.98. The van der Waals surface area contributed by atoms with Gasteiger partial charge in [-0.3, -0.25) is 4.57 Å². The number of anilines is 1. The Bertz CT molecular complexity index is 616. The van der Waals surface area contributed by atoms with Gasteiger partial charge in [0.1, 0.15) is 0 Å². The smallest absolute Gasteiger partial charge is 0.208 e. The van der Waals surface area contributed by atoms with Crippen molar-refractivity contribution < 1.29 is 0 Å². The summed E-state index contributed by atoms with van der Waals surface area (Å²) < 4.78 is 1.99. The molecule has 1 aromatic carbocycles. The minimum absolute atomic E-state index is 0.508. The van der Waals surface area contributed by atoms with Gasteiger partial charge < -0.3 is 5.32 Å². The largest absolute Gasteiger partial charge is 0.353 e. The lowest BCUT2D eigenvalue weighted by Crippen LogP contribution is -2.17. The van der Waals surface area contributed by atoms with Gasteiger partial charge in [0.2, 0.25) is 5.95 Å². The van der Waals surface area contributed by atoms with E-state index in [0.29, 0.717) is 16.1 Å². The van der Waals surface area contributed by atoms with E-state index in [9.17, 15) is 0 Å². The molecule has 106 valence electrons. The first kappa shape index (κ1) is 13.8. The highest BCUT2D eigenvalue weighted by atomic mass is 35.5. The second kappa shape index (κ2) is 5.66. The number of benzene rings is 1. The van der Waals surface area contributed by atoms with Crippen LogP contribution in [0.5, 0.6) is 0 Å². The molecule has 0 atom stereocenters. The van der Waals surface area contributed by atoms with Crippen LogP contribution in [0.3, 0.4) is 0 Å². The second-order valence-electron chi connectivity index (χ2n) is 5.27. The van der Waals surface area contributed by atoms with Crippen molar-refractivity contribution in [2.75, 3.05) is 5.32 Å². The van der Waals surface area contributed by atoms with Crippen molar-refractivity contribution in [3.8, 4) is 5.69 Å². The van der Waals surface area contributed by atoms with Crippen LogP contribution >= 0.6 is 23.2 Å². The molecule has 0 spiro atoms. The van der Waals surface area contributed by atoms with E-state index in [1.54, 1.807) is 6.07 Å². The number of aryl methyl sites for hydroxylation is 1. The standard InChI is InChI=1S/C15H17Cl2N3/c1-10-9-20(13-8-4-7-12(16)14(13)17)15(18-10)19-11-5-2-3-6-11/h4,7-9,11H,2-3,5-6H2,1H3,(H,18,19). The molecule has 1 aromatic heterocycles. The van der Waals surface area contributed by atoms with Crippen LogP contribution in [0.1, 0.15) is 31.4 Å². The fraction of sp³-hybridized carbons (Fsp3) is 0.400. The lowest BCUT2D eigenvalue weighted by atomic mass is 10.2. The Hall–Kier alpha value is -1.19. The second-order valence-corrected chi connectivity index (χ2v) is 6.06. The summed E-state index contributed by atoms with van der Waals surface area (Å²) in [4.78, 5) is 4.57. The van der Waals surface area contributed by atoms with Crippen LogP contribution in [0.4, 0.5) is 5.95 Å². The summed E-state index contributed by atoms with van der Waals surface area (Å²) in [6, 6.07) is 6.16. The van der Waals surface area contributed by atoms with Crippen molar-refractivity contribution in [1.82, 2.24) is 9.55 Å². The summed E-state index contributed by atoms with van der Waals surface area (Å²) in [7, 11) is 0. The number of imidazole rings is 1. The zero-order chi connectivity index (χ0) is 14.1. The normalized spacial score (nSPS) is 15.8. The van der Waals surface area contributed by atoms with E-state index in [0.717, 1.165) is 17.3 Å². The maximum atomic E-state index is 6.32. The summed E-state index contributed by atoms with van der Waals surface area (Å²) in [5, 5.41) is 4.64. The summed E-state index contributed by atoms with van der Waals surface area (Å²) >= 11 is 12.4. The summed E-state index contributed by atoms with van der Waals surface area (Å²) in [6.07, 6.45) is 6.96. The fourth-order valence-electron chi connectivity index (χ4n) is 2.71. The predicted octanol–water partition coefficient (Wildman–Crippen LogP) is 4.84. The number of rotatable bonds is 3. The molecule has 1 saturated carbocycles. The van der Waals surface area contributed by atoms with Gasteiger partial charge in [-0.15, -0.1) is 0 Å². The van der Waals surface area contributed by atoms with Crippen LogP contribution < -0.4 is 5.32 Å². The van der Waals surface area contributed by atoms with Crippen molar-refractivity contribution in [3.05, 3.63) is 40.1 Å². The molecular weight excluding hydrogens is 293 g/mol. The molecule has 1 aliphatic carbocycles. The Kier molecular flexibility index (Phi) is 3.90. The van der Waals surface area contributed by atoms with E-state index < -0.39 is 0 Å². The molecular formula is C15H17Cl2N3. The third kappa shape index (κ3) is 2.65. The monoisotopic (exact) mass is 309 g/mol. The maximum absolute atomic E-state index is 6.32. The molecule has 0 bridgehead atoms. The van der Waals surface area contributed by atoms with E-state index in [4.69, 9.17) is 23.2 Å². The van der Waals surface area contributed by atoms with Gasteiger partial charge in [-0.2, -0.15) is 0 Å². The molecule has 0 amide bonds. The maximum Gasteiger partial charge on any atom is 0.208 e. The highest BCUT2D eigenvalue weighted by Gasteiger charge is 2.18. The van der Waals surface area contributed by atoms with Gasteiger partial charge in [0.05, 0.1) is 21.4 Å². The Morgan fingerprint density at radius 2 is 2.00 bits per heavy atom. The minimum atomic E-state index is 0.508. The van der Waals surface area contributed by atoms with Gasteiger partial charge in [0.25, 0.3) is 0 Å². The first-order valence-corrected chi connectivity index (χ1v) is 7.67. The van der Waals surface area contributed by atoms with Crippen molar-refractivity contribution in [3.63, 3.8) is 0 Å². The van der Waals surface area contributed by atoms with Gasteiger partial charge in [-0.05, 0) is 31.9 Å². The number of nitrogens with one attached hydrogen (secondary N) is 1.